The first-order chi connectivity index (χ1) is 11.8. The van der Waals surface area contributed by atoms with Gasteiger partial charge in [-0.1, -0.05) is 6.92 Å². The van der Waals surface area contributed by atoms with E-state index in [1.165, 1.54) is 35.1 Å². The average molecular weight is 347 g/mol. The van der Waals surface area contributed by atoms with Gasteiger partial charge in [-0.15, -0.1) is 11.3 Å². The van der Waals surface area contributed by atoms with Gasteiger partial charge in [0, 0.05) is 24.5 Å². The highest BCUT2D eigenvalue weighted by atomic mass is 32.1. The number of nitrogens with zero attached hydrogens (tertiary/aromatic N) is 3. The average Bonchev–Trinajstić information content (AvgIpc) is 2.97. The van der Waals surface area contributed by atoms with Gasteiger partial charge in [-0.25, -0.2) is 9.97 Å². The Morgan fingerprint density at radius 3 is 3.08 bits per heavy atom. The predicted octanol–water partition coefficient (Wildman–Crippen LogP) is 2.95. The Bertz CT molecular complexity index is 696. The van der Waals surface area contributed by atoms with Gasteiger partial charge in [0.1, 0.15) is 17.0 Å². The molecule has 1 aliphatic heterocycles. The SMILES string of the molecule is CC1CCc2c(sc3ncnc(NCCCN4CCOCC4)c23)C1. The van der Waals surface area contributed by atoms with Crippen LogP contribution < -0.4 is 5.32 Å². The van der Waals surface area contributed by atoms with Crippen molar-refractivity contribution >= 4 is 27.4 Å². The van der Waals surface area contributed by atoms with E-state index >= 15 is 0 Å². The summed E-state index contributed by atoms with van der Waals surface area (Å²) in [7, 11) is 0. The molecule has 0 spiro atoms. The Balaban J connectivity index is 1.42. The first-order valence-electron chi connectivity index (χ1n) is 9.10. The van der Waals surface area contributed by atoms with Gasteiger partial charge < -0.3 is 10.1 Å². The van der Waals surface area contributed by atoms with Gasteiger partial charge in [-0.2, -0.15) is 0 Å². The fourth-order valence-corrected chi connectivity index (χ4v) is 5.09. The molecule has 0 radical (unpaired) electrons. The van der Waals surface area contributed by atoms with Crippen molar-refractivity contribution in [2.45, 2.75) is 32.6 Å². The molecule has 0 bridgehead atoms. The quantitative estimate of drug-likeness (QED) is 0.844. The maximum Gasteiger partial charge on any atom is 0.138 e. The van der Waals surface area contributed by atoms with Gasteiger partial charge in [0.2, 0.25) is 0 Å². The summed E-state index contributed by atoms with van der Waals surface area (Å²) < 4.78 is 5.40. The largest absolute Gasteiger partial charge is 0.379 e. The summed E-state index contributed by atoms with van der Waals surface area (Å²) in [5.41, 5.74) is 1.50. The Hall–Kier alpha value is -1.24. The fraction of sp³-hybridized carbons (Fsp3) is 0.667. The molecule has 6 heteroatoms. The third kappa shape index (κ3) is 3.41. The number of nitrogens with one attached hydrogen (secondary N) is 1. The zero-order valence-corrected chi connectivity index (χ0v) is 15.2. The monoisotopic (exact) mass is 346 g/mol. The molecule has 4 rings (SSSR count). The van der Waals surface area contributed by atoms with E-state index < -0.39 is 0 Å². The molecule has 130 valence electrons. The normalized spacial score (nSPS) is 21.8. The number of anilines is 1. The van der Waals surface area contributed by atoms with E-state index in [9.17, 15) is 0 Å². The van der Waals surface area contributed by atoms with E-state index in [1.807, 2.05) is 11.3 Å². The molecule has 24 heavy (non-hydrogen) atoms. The maximum absolute atomic E-state index is 5.40. The second-order valence-corrected chi connectivity index (χ2v) is 8.07. The minimum Gasteiger partial charge on any atom is -0.379 e. The van der Waals surface area contributed by atoms with Crippen molar-refractivity contribution in [2.24, 2.45) is 5.92 Å². The number of hydrogen-bond donors (Lipinski definition) is 1. The van der Waals surface area contributed by atoms with Crippen LogP contribution in [0.1, 0.15) is 30.2 Å². The summed E-state index contributed by atoms with van der Waals surface area (Å²) in [5.74, 6) is 1.83. The number of aromatic nitrogens is 2. The van der Waals surface area contributed by atoms with Crippen LogP contribution in [0.4, 0.5) is 5.82 Å². The van der Waals surface area contributed by atoms with Crippen molar-refractivity contribution in [3.63, 3.8) is 0 Å². The molecule has 1 N–H and O–H groups in total. The third-order valence-electron chi connectivity index (χ3n) is 5.14. The van der Waals surface area contributed by atoms with Gasteiger partial charge in [0.25, 0.3) is 0 Å². The van der Waals surface area contributed by atoms with Gasteiger partial charge in [-0.05, 0) is 43.7 Å². The Labute approximate surface area is 147 Å². The highest BCUT2D eigenvalue weighted by Gasteiger charge is 2.22. The number of rotatable bonds is 5. The lowest BCUT2D eigenvalue weighted by molar-refractivity contribution is 0.0378. The predicted molar refractivity (Wildman–Crippen MR) is 99.0 cm³/mol. The lowest BCUT2D eigenvalue weighted by Gasteiger charge is -2.26. The summed E-state index contributed by atoms with van der Waals surface area (Å²) in [4.78, 5) is 14.2. The maximum atomic E-state index is 5.40. The molecule has 2 aliphatic rings. The second kappa shape index (κ2) is 7.33. The zero-order chi connectivity index (χ0) is 16.4. The number of aryl methyl sites for hydroxylation is 1. The van der Waals surface area contributed by atoms with E-state index in [-0.39, 0.29) is 0 Å². The Morgan fingerprint density at radius 2 is 2.21 bits per heavy atom. The van der Waals surface area contributed by atoms with Crippen molar-refractivity contribution in [1.29, 1.82) is 0 Å². The first-order valence-corrected chi connectivity index (χ1v) is 9.92. The molecule has 1 saturated heterocycles. The number of morpholine rings is 1. The number of fused-ring (bicyclic) bond motifs is 3. The van der Waals surface area contributed by atoms with Crippen molar-refractivity contribution in [3.05, 3.63) is 16.8 Å². The summed E-state index contributed by atoms with van der Waals surface area (Å²) in [5, 5.41) is 4.86. The highest BCUT2D eigenvalue weighted by molar-refractivity contribution is 7.19. The summed E-state index contributed by atoms with van der Waals surface area (Å²) in [6.45, 7) is 8.32. The molecular weight excluding hydrogens is 320 g/mol. The van der Waals surface area contributed by atoms with Crippen LogP contribution >= 0.6 is 11.3 Å². The van der Waals surface area contributed by atoms with Gasteiger partial charge in [0.15, 0.2) is 0 Å². The van der Waals surface area contributed by atoms with Crippen LogP contribution in [0.5, 0.6) is 0 Å². The summed E-state index contributed by atoms with van der Waals surface area (Å²) >= 11 is 1.87. The van der Waals surface area contributed by atoms with E-state index in [0.29, 0.717) is 0 Å². The zero-order valence-electron chi connectivity index (χ0n) is 14.4. The number of hydrogen-bond acceptors (Lipinski definition) is 6. The number of ether oxygens (including phenoxy) is 1. The molecule has 5 nitrogen and oxygen atoms in total. The van der Waals surface area contributed by atoms with Crippen molar-refractivity contribution < 1.29 is 4.74 Å². The first kappa shape index (κ1) is 16.2. The van der Waals surface area contributed by atoms with E-state index in [0.717, 1.165) is 62.4 Å². The summed E-state index contributed by atoms with van der Waals surface area (Å²) in [6, 6.07) is 0. The second-order valence-electron chi connectivity index (χ2n) is 6.99. The van der Waals surface area contributed by atoms with Crippen LogP contribution in [-0.2, 0) is 17.6 Å². The topological polar surface area (TPSA) is 50.3 Å². The van der Waals surface area contributed by atoms with Crippen molar-refractivity contribution in [2.75, 3.05) is 44.7 Å². The van der Waals surface area contributed by atoms with Crippen LogP contribution in [0, 0.1) is 5.92 Å². The van der Waals surface area contributed by atoms with Crippen LogP contribution in [0.25, 0.3) is 10.2 Å². The Morgan fingerprint density at radius 1 is 1.33 bits per heavy atom. The van der Waals surface area contributed by atoms with Gasteiger partial charge in [-0.3, -0.25) is 4.90 Å². The van der Waals surface area contributed by atoms with Crippen LogP contribution in [0.15, 0.2) is 6.33 Å². The molecule has 1 unspecified atom stereocenters. The molecule has 2 aromatic rings. The van der Waals surface area contributed by atoms with Crippen LogP contribution in [0.3, 0.4) is 0 Å². The fourth-order valence-electron chi connectivity index (χ4n) is 3.74. The highest BCUT2D eigenvalue weighted by Crippen LogP contribution is 2.39. The molecule has 0 aromatic carbocycles. The van der Waals surface area contributed by atoms with Crippen LogP contribution in [0.2, 0.25) is 0 Å². The van der Waals surface area contributed by atoms with E-state index in [4.69, 9.17) is 4.74 Å². The smallest absolute Gasteiger partial charge is 0.138 e. The molecule has 1 aliphatic carbocycles. The molecule has 1 atom stereocenters. The van der Waals surface area contributed by atoms with Crippen molar-refractivity contribution in [3.8, 4) is 0 Å². The molecule has 0 saturated carbocycles. The molecular formula is C18H26N4OS. The van der Waals surface area contributed by atoms with Gasteiger partial charge >= 0.3 is 0 Å². The summed E-state index contributed by atoms with van der Waals surface area (Å²) in [6.07, 6.45) is 6.50. The molecule has 0 amide bonds. The molecule has 3 heterocycles. The lowest BCUT2D eigenvalue weighted by Crippen LogP contribution is -2.37. The standard InChI is InChI=1S/C18H26N4OS/c1-13-3-4-14-15(11-13)24-18-16(14)17(20-12-21-18)19-5-2-6-22-7-9-23-10-8-22/h12-13H,2-11H2,1H3,(H,19,20,21). The van der Waals surface area contributed by atoms with Crippen LogP contribution in [-0.4, -0.2) is 54.3 Å². The molecule has 1 fully saturated rings. The van der Waals surface area contributed by atoms with E-state index in [2.05, 4.69) is 27.1 Å². The van der Waals surface area contributed by atoms with Crippen molar-refractivity contribution in [1.82, 2.24) is 14.9 Å². The minimum atomic E-state index is 0.795. The number of thiophene rings is 1. The van der Waals surface area contributed by atoms with E-state index in [1.54, 1.807) is 6.33 Å². The lowest BCUT2D eigenvalue weighted by atomic mass is 9.89. The van der Waals surface area contributed by atoms with Gasteiger partial charge in [0.05, 0.1) is 18.6 Å². The molecule has 2 aromatic heterocycles. The third-order valence-corrected chi connectivity index (χ3v) is 6.30. The Kier molecular flexibility index (Phi) is 4.96. The minimum absolute atomic E-state index is 0.795.